The second-order valence-corrected chi connectivity index (χ2v) is 20.3. The molecule has 0 spiro atoms. The molecule has 9 atom stereocenters. The normalized spacial score (nSPS) is 14.6. The van der Waals surface area contributed by atoms with Crippen LogP contribution in [0.25, 0.3) is 10.9 Å². The van der Waals surface area contributed by atoms with Gasteiger partial charge in [0.15, 0.2) is 0 Å². The molecule has 0 fully saturated rings. The molecule has 0 aliphatic heterocycles. The fourth-order valence-electron chi connectivity index (χ4n) is 8.26. The quantitative estimate of drug-likeness (QED) is 0.0337. The van der Waals surface area contributed by atoms with Gasteiger partial charge in [-0.05, 0) is 81.9 Å². The van der Waals surface area contributed by atoms with E-state index in [4.69, 9.17) is 11.5 Å². The van der Waals surface area contributed by atoms with Gasteiger partial charge in [0.25, 0.3) is 0 Å². The van der Waals surface area contributed by atoms with Crippen molar-refractivity contribution in [2.24, 2.45) is 23.3 Å². The Morgan fingerprint density at radius 1 is 0.544 bits per heavy atom. The van der Waals surface area contributed by atoms with Crippen LogP contribution in [0.4, 0.5) is 0 Å². The molecule has 0 saturated carbocycles. The van der Waals surface area contributed by atoms with E-state index in [0.29, 0.717) is 35.7 Å². The molecule has 17 N–H and O–H groups in total. The predicted octanol–water partition coefficient (Wildman–Crippen LogP) is -1.66. The fourth-order valence-corrected chi connectivity index (χ4v) is 8.26. The number of aromatic nitrogens is 1. The van der Waals surface area contributed by atoms with Gasteiger partial charge in [0.05, 0.1) is 13.0 Å². The minimum atomic E-state index is -1.88. The van der Waals surface area contributed by atoms with E-state index >= 15 is 0 Å². The molecule has 1 aromatic carbocycles. The smallest absolute Gasteiger partial charge is 0.305 e. The average Bonchev–Trinajstić information content (AvgIpc) is 3.83. The largest absolute Gasteiger partial charge is 0.481 e. The number of nitrogens with one attached hydrogen (secondary N) is 10. The topological polar surface area (TPSA) is 442 Å². The summed E-state index contributed by atoms with van der Waals surface area (Å²) >= 11 is 0. The summed E-state index contributed by atoms with van der Waals surface area (Å²) in [5.41, 5.74) is 12.4. The summed E-state index contributed by atoms with van der Waals surface area (Å²) in [5.74, 6) is -12.0. The number of primary amides is 1. The van der Waals surface area contributed by atoms with Gasteiger partial charge in [-0.15, -0.1) is 0 Å². The summed E-state index contributed by atoms with van der Waals surface area (Å²) in [7, 11) is 0. The second-order valence-electron chi connectivity index (χ2n) is 20.3. The number of carboxylic acid groups (broad SMARTS) is 2. The highest BCUT2D eigenvalue weighted by Gasteiger charge is 2.36. The van der Waals surface area contributed by atoms with Crippen LogP contribution in [-0.2, 0) is 64.0 Å². The summed E-state index contributed by atoms with van der Waals surface area (Å²) in [6.07, 6.45) is 0.955. The third-order valence-electron chi connectivity index (χ3n) is 12.4. The Hall–Kier alpha value is -7.68. The van der Waals surface area contributed by atoms with Crippen molar-refractivity contribution in [3.63, 3.8) is 0 Å². The summed E-state index contributed by atoms with van der Waals surface area (Å²) in [5, 5.41) is 52.3. The summed E-state index contributed by atoms with van der Waals surface area (Å²) in [6.45, 7) is 10.7. The van der Waals surface area contributed by atoms with Gasteiger partial charge >= 0.3 is 11.9 Å². The lowest BCUT2D eigenvalue weighted by molar-refractivity contribution is -0.142. The van der Waals surface area contributed by atoms with E-state index in [9.17, 15) is 72.9 Å². The Morgan fingerprint density at radius 3 is 1.53 bits per heavy atom. The number of nitrogens with two attached hydrogens (primary N) is 2. The van der Waals surface area contributed by atoms with E-state index in [2.05, 4.69) is 52.8 Å². The van der Waals surface area contributed by atoms with Crippen LogP contribution >= 0.6 is 0 Å². The minimum Gasteiger partial charge on any atom is -0.481 e. The number of carboxylic acids is 2. The first-order valence-corrected chi connectivity index (χ1v) is 26.5. The maximum absolute atomic E-state index is 14.4. The summed E-state index contributed by atoms with van der Waals surface area (Å²) in [4.78, 5) is 161. The van der Waals surface area contributed by atoms with Gasteiger partial charge < -0.3 is 79.6 Å². The van der Waals surface area contributed by atoms with Gasteiger partial charge in [0, 0.05) is 36.9 Å². The highest BCUT2D eigenvalue weighted by Crippen LogP contribution is 2.20. The number of aliphatic hydroxyl groups excluding tert-OH is 1. The number of aliphatic hydroxyl groups is 1. The van der Waals surface area contributed by atoms with E-state index in [-0.39, 0.29) is 56.9 Å². The molecule has 2 rings (SSSR count). The van der Waals surface area contributed by atoms with E-state index < -0.39 is 151 Å². The van der Waals surface area contributed by atoms with Crippen LogP contribution in [-0.4, -0.2) is 159 Å². The van der Waals surface area contributed by atoms with Gasteiger partial charge in [-0.3, -0.25) is 57.5 Å². The first kappa shape index (κ1) is 67.4. The standard InChI is InChI=1S/C52H82N12O15/c1-8-9-15-34(58-48(75)36(18-19-42(67)68)60-50(77)38(22-28(4)5)57-30(7)66)46(73)63-40(24-43(69)70)51(78)59-35(17-12-13-20-53)47(74)62-39(23-31-25-55-33-16-11-10-14-32(31)33)49(76)56-29(6)45(72)64-41(26-65)52(79)61-37(44(54)71)21-27(2)3/h10-11,14,16,25,27-29,34-41,55,65H,8-9,12-13,15,17-24,26,53H2,1-7H3,(H2,54,71)(H,56,76)(H,57,66)(H,58,75)(H,59,78)(H,60,77)(H,61,79)(H,62,74)(H,63,73)(H,64,72)(H,67,68)(H,69,70)/t29-,34?,35-,36-,37-,38-,39-,40-,41-/m0/s1. The van der Waals surface area contributed by atoms with Crippen molar-refractivity contribution in [1.82, 2.24) is 52.8 Å². The number of carbonyl (C=O) groups is 12. The van der Waals surface area contributed by atoms with Gasteiger partial charge in [-0.25, -0.2) is 0 Å². The molecule has 440 valence electrons. The SMILES string of the molecule is CCCCC(NC(=O)[C@H](CCC(=O)O)NC(=O)[C@H](CC(C)C)NC(C)=O)C(=O)N[C@@H](CC(=O)O)C(=O)N[C@@H](CCCCN)C(=O)N[C@@H](Cc1c[nH]c2ccccc12)C(=O)N[C@@H](C)C(=O)N[C@@H](CO)C(=O)N[C@@H](CC(C)C)C(N)=O. The van der Waals surface area contributed by atoms with Crippen molar-refractivity contribution >= 4 is 81.9 Å². The van der Waals surface area contributed by atoms with E-state index in [1.54, 1.807) is 65.1 Å². The van der Waals surface area contributed by atoms with Gasteiger partial charge in [-0.2, -0.15) is 0 Å². The molecule has 0 saturated heterocycles. The van der Waals surface area contributed by atoms with Crippen LogP contribution in [0, 0.1) is 11.8 Å². The zero-order valence-electron chi connectivity index (χ0n) is 46.0. The molecule has 27 nitrogen and oxygen atoms in total. The Bertz CT molecular complexity index is 2430. The number of unbranched alkanes of at least 4 members (excludes halogenated alkanes) is 2. The Balaban J connectivity index is 2.47. The Labute approximate surface area is 458 Å². The third-order valence-corrected chi connectivity index (χ3v) is 12.4. The number of benzene rings is 1. The van der Waals surface area contributed by atoms with Crippen molar-refractivity contribution in [3.8, 4) is 0 Å². The average molecular weight is 1120 g/mol. The molecular formula is C52H82N12O15. The molecule has 10 amide bonds. The summed E-state index contributed by atoms with van der Waals surface area (Å²) < 4.78 is 0. The molecule has 0 aliphatic rings. The van der Waals surface area contributed by atoms with Crippen LogP contribution < -0.4 is 59.3 Å². The number of H-pyrrole nitrogens is 1. The molecule has 1 aromatic heterocycles. The van der Waals surface area contributed by atoms with Gasteiger partial charge in [-0.1, -0.05) is 65.7 Å². The summed E-state index contributed by atoms with van der Waals surface area (Å²) in [6, 6.07) is -5.95. The minimum absolute atomic E-state index is 0.0548. The highest BCUT2D eigenvalue weighted by molar-refractivity contribution is 5.99. The number of hydrogen-bond acceptors (Lipinski definition) is 14. The molecule has 1 unspecified atom stereocenters. The second kappa shape index (κ2) is 34.3. The molecule has 0 radical (unpaired) electrons. The molecule has 0 bridgehead atoms. The van der Waals surface area contributed by atoms with E-state index in [1.807, 2.05) is 0 Å². The number of aliphatic carboxylic acids is 2. The fraction of sp³-hybridized carbons (Fsp3) is 0.615. The van der Waals surface area contributed by atoms with Crippen molar-refractivity contribution in [1.29, 1.82) is 0 Å². The number of carbonyl (C=O) groups excluding carboxylic acids is 10. The van der Waals surface area contributed by atoms with Crippen LogP contribution in [0.1, 0.15) is 125 Å². The Morgan fingerprint density at radius 2 is 1.01 bits per heavy atom. The zero-order valence-corrected chi connectivity index (χ0v) is 46.0. The Kier molecular flexibility index (Phi) is 29.2. The number of amides is 10. The van der Waals surface area contributed by atoms with Crippen molar-refractivity contribution in [2.45, 2.75) is 180 Å². The van der Waals surface area contributed by atoms with Crippen LogP contribution in [0.3, 0.4) is 0 Å². The van der Waals surface area contributed by atoms with Gasteiger partial charge in [0.1, 0.15) is 54.4 Å². The van der Waals surface area contributed by atoms with E-state index in [0.717, 1.165) is 0 Å². The van der Waals surface area contributed by atoms with Crippen LogP contribution in [0.5, 0.6) is 0 Å². The maximum atomic E-state index is 14.4. The zero-order chi connectivity index (χ0) is 59.5. The van der Waals surface area contributed by atoms with Crippen molar-refractivity contribution in [2.75, 3.05) is 13.2 Å². The monoisotopic (exact) mass is 1110 g/mol. The van der Waals surface area contributed by atoms with Crippen LogP contribution in [0.15, 0.2) is 30.5 Å². The highest BCUT2D eigenvalue weighted by atomic mass is 16.4. The molecule has 2 aromatic rings. The first-order chi connectivity index (χ1) is 37.2. The maximum Gasteiger partial charge on any atom is 0.305 e. The molecule has 79 heavy (non-hydrogen) atoms. The lowest BCUT2D eigenvalue weighted by Gasteiger charge is -2.28. The third kappa shape index (κ3) is 24.3. The van der Waals surface area contributed by atoms with Crippen molar-refractivity contribution < 1.29 is 72.9 Å². The number of hydrogen-bond donors (Lipinski definition) is 15. The molecular weight excluding hydrogens is 1030 g/mol. The van der Waals surface area contributed by atoms with Crippen molar-refractivity contribution in [3.05, 3.63) is 36.0 Å². The van der Waals surface area contributed by atoms with E-state index in [1.165, 1.54) is 13.8 Å². The van der Waals surface area contributed by atoms with Gasteiger partial charge in [0.2, 0.25) is 59.1 Å². The number of aromatic amines is 1. The molecule has 27 heteroatoms. The number of fused-ring (bicyclic) bond motifs is 1. The molecule has 1 heterocycles. The lowest BCUT2D eigenvalue weighted by Crippen LogP contribution is -2.61. The predicted molar refractivity (Wildman–Crippen MR) is 287 cm³/mol. The number of rotatable bonds is 37. The van der Waals surface area contributed by atoms with Crippen LogP contribution in [0.2, 0.25) is 0 Å². The number of para-hydroxylation sites is 1. The lowest BCUT2D eigenvalue weighted by atomic mass is 10.0. The first-order valence-electron chi connectivity index (χ1n) is 26.5. The molecule has 0 aliphatic carbocycles.